The van der Waals surface area contributed by atoms with Crippen LogP contribution in [0.4, 0.5) is 5.69 Å². The number of hydrogen-bond acceptors (Lipinski definition) is 5. The van der Waals surface area contributed by atoms with E-state index in [1.165, 1.54) is 0 Å². The Morgan fingerprint density at radius 3 is 2.57 bits per heavy atom. The summed E-state index contributed by atoms with van der Waals surface area (Å²) in [5.74, 6) is 1.02. The second-order valence-electron chi connectivity index (χ2n) is 8.21. The maximum absolute atomic E-state index is 12.8. The molecule has 6 nitrogen and oxygen atoms in total. The molecule has 2 heterocycles. The summed E-state index contributed by atoms with van der Waals surface area (Å²) in [7, 11) is 3.31. The number of hydrogen-bond donors (Lipinski definition) is 0. The Labute approximate surface area is 177 Å². The molecule has 1 saturated heterocycles. The maximum atomic E-state index is 12.8. The van der Waals surface area contributed by atoms with Gasteiger partial charge in [0.25, 0.3) is 5.78 Å². The molecule has 0 spiro atoms. The number of ether oxygens (including phenoxy) is 2. The van der Waals surface area contributed by atoms with Crippen LogP contribution in [0.1, 0.15) is 60.1 Å². The van der Waals surface area contributed by atoms with Gasteiger partial charge < -0.3 is 9.47 Å². The summed E-state index contributed by atoms with van der Waals surface area (Å²) in [5.41, 5.74) is 3.33. The third-order valence-electron chi connectivity index (χ3n) is 6.14. The van der Waals surface area contributed by atoms with Gasteiger partial charge in [-0.25, -0.2) is 0 Å². The van der Waals surface area contributed by atoms with Crippen molar-refractivity contribution in [3.8, 4) is 11.5 Å². The molecule has 6 heteroatoms. The van der Waals surface area contributed by atoms with Crippen molar-refractivity contribution in [3.05, 3.63) is 53.1 Å². The predicted octanol–water partition coefficient (Wildman–Crippen LogP) is 4.15. The highest BCUT2D eigenvalue weighted by atomic mass is 16.5. The zero-order chi connectivity index (χ0) is 21.4. The number of benzene rings is 2. The van der Waals surface area contributed by atoms with Crippen molar-refractivity contribution in [2.45, 2.75) is 38.6 Å². The maximum Gasteiger partial charge on any atom is 0.300 e. The van der Waals surface area contributed by atoms with E-state index in [1.54, 1.807) is 19.1 Å². The molecule has 2 aromatic carbocycles. The number of methoxy groups -OCH3 is 2. The van der Waals surface area contributed by atoms with Gasteiger partial charge in [0, 0.05) is 18.2 Å². The van der Waals surface area contributed by atoms with Crippen LogP contribution in [0, 0.1) is 0 Å². The van der Waals surface area contributed by atoms with Crippen molar-refractivity contribution < 1.29 is 19.1 Å². The standard InChI is InChI=1S/C24H28N2O4/c1-15(2)16-7-9-21-19(12-16)23(27)24(28)26(21)14-25-11-5-6-20(25)18-13-17(29-3)8-10-22(18)30-4/h7-10,12-13,15,20H,5-6,11,14H2,1-4H3/t20-/m1/s1. The normalized spacial score (nSPS) is 19.0. The zero-order valence-electron chi connectivity index (χ0n) is 18.0. The van der Waals surface area contributed by atoms with Gasteiger partial charge in [-0.2, -0.15) is 0 Å². The lowest BCUT2D eigenvalue weighted by Gasteiger charge is -2.30. The van der Waals surface area contributed by atoms with Gasteiger partial charge in [-0.3, -0.25) is 19.4 Å². The Kier molecular flexibility index (Phi) is 5.52. The quantitative estimate of drug-likeness (QED) is 0.672. The number of ketones is 1. The number of carbonyl (C=O) groups is 2. The van der Waals surface area contributed by atoms with Crippen LogP contribution in [0.3, 0.4) is 0 Å². The molecule has 1 amide bonds. The smallest absolute Gasteiger partial charge is 0.300 e. The number of anilines is 1. The first kappa shape index (κ1) is 20.4. The van der Waals surface area contributed by atoms with Crippen LogP contribution in [0.5, 0.6) is 11.5 Å². The van der Waals surface area contributed by atoms with E-state index < -0.39 is 11.7 Å². The minimum absolute atomic E-state index is 0.0944. The van der Waals surface area contributed by atoms with E-state index in [-0.39, 0.29) is 6.04 Å². The largest absolute Gasteiger partial charge is 0.497 e. The van der Waals surface area contributed by atoms with Gasteiger partial charge in [0.2, 0.25) is 0 Å². The number of fused-ring (bicyclic) bond motifs is 1. The zero-order valence-corrected chi connectivity index (χ0v) is 18.0. The molecule has 1 fully saturated rings. The van der Waals surface area contributed by atoms with E-state index in [1.807, 2.05) is 36.4 Å². The molecule has 0 unspecified atom stereocenters. The Morgan fingerprint density at radius 2 is 1.87 bits per heavy atom. The first-order valence-corrected chi connectivity index (χ1v) is 10.4. The summed E-state index contributed by atoms with van der Waals surface area (Å²) in [6.07, 6.45) is 1.97. The van der Waals surface area contributed by atoms with E-state index in [0.717, 1.165) is 42.0 Å². The summed E-state index contributed by atoms with van der Waals surface area (Å²) < 4.78 is 11.0. The number of likely N-dealkylation sites (tertiary alicyclic amines) is 1. The van der Waals surface area contributed by atoms with E-state index in [4.69, 9.17) is 9.47 Å². The number of rotatable bonds is 6. The summed E-state index contributed by atoms with van der Waals surface area (Å²) in [6.45, 7) is 5.39. The number of amides is 1. The van der Waals surface area contributed by atoms with E-state index in [9.17, 15) is 9.59 Å². The molecular weight excluding hydrogens is 380 g/mol. The minimum atomic E-state index is -0.450. The first-order valence-electron chi connectivity index (χ1n) is 10.4. The molecule has 0 aromatic heterocycles. The lowest BCUT2D eigenvalue weighted by molar-refractivity contribution is -0.114. The molecule has 158 valence electrons. The van der Waals surface area contributed by atoms with Crippen molar-refractivity contribution >= 4 is 17.4 Å². The van der Waals surface area contributed by atoms with Crippen molar-refractivity contribution in [3.63, 3.8) is 0 Å². The molecule has 0 saturated carbocycles. The van der Waals surface area contributed by atoms with Crippen molar-refractivity contribution in [1.82, 2.24) is 4.90 Å². The topological polar surface area (TPSA) is 59.1 Å². The molecule has 0 aliphatic carbocycles. The van der Waals surface area contributed by atoms with Gasteiger partial charge in [0.05, 0.1) is 32.1 Å². The molecule has 0 bridgehead atoms. The third kappa shape index (κ3) is 3.45. The van der Waals surface area contributed by atoms with Gasteiger partial charge in [-0.15, -0.1) is 0 Å². The Hall–Kier alpha value is -2.86. The van der Waals surface area contributed by atoms with Crippen LogP contribution in [-0.2, 0) is 4.79 Å². The highest BCUT2D eigenvalue weighted by molar-refractivity contribution is 6.52. The highest BCUT2D eigenvalue weighted by Crippen LogP contribution is 2.40. The number of carbonyl (C=O) groups excluding carboxylic acids is 2. The lowest BCUT2D eigenvalue weighted by Crippen LogP contribution is -2.40. The highest BCUT2D eigenvalue weighted by Gasteiger charge is 2.39. The van der Waals surface area contributed by atoms with Crippen LogP contribution in [0.2, 0.25) is 0 Å². The molecule has 30 heavy (non-hydrogen) atoms. The fourth-order valence-electron chi connectivity index (χ4n) is 4.45. The number of nitrogens with zero attached hydrogens (tertiary/aromatic N) is 2. The molecule has 2 aliphatic rings. The Balaban J connectivity index is 1.64. The van der Waals surface area contributed by atoms with Crippen LogP contribution in [0.15, 0.2) is 36.4 Å². The summed E-state index contributed by atoms with van der Waals surface area (Å²) in [4.78, 5) is 29.3. The van der Waals surface area contributed by atoms with E-state index in [0.29, 0.717) is 23.8 Å². The number of Topliss-reactive ketones (excluding diaryl/α,β-unsaturated/α-hetero) is 1. The average molecular weight is 408 g/mol. The molecule has 0 radical (unpaired) electrons. The molecule has 2 aliphatic heterocycles. The lowest BCUT2D eigenvalue weighted by atomic mass is 9.99. The van der Waals surface area contributed by atoms with Crippen LogP contribution in [-0.4, -0.2) is 44.0 Å². The van der Waals surface area contributed by atoms with Gasteiger partial charge >= 0.3 is 5.91 Å². The summed E-state index contributed by atoms with van der Waals surface area (Å²) in [5, 5.41) is 0. The second-order valence-corrected chi connectivity index (χ2v) is 8.21. The molecular formula is C24H28N2O4. The van der Waals surface area contributed by atoms with Crippen molar-refractivity contribution in [2.24, 2.45) is 0 Å². The van der Waals surface area contributed by atoms with Crippen LogP contribution < -0.4 is 14.4 Å². The van der Waals surface area contributed by atoms with Crippen molar-refractivity contribution in [1.29, 1.82) is 0 Å². The van der Waals surface area contributed by atoms with Crippen LogP contribution in [0.25, 0.3) is 0 Å². The molecule has 4 rings (SSSR count). The van der Waals surface area contributed by atoms with Gasteiger partial charge in [0.1, 0.15) is 11.5 Å². The average Bonchev–Trinajstić information content (AvgIpc) is 3.31. The summed E-state index contributed by atoms with van der Waals surface area (Å²) in [6, 6.07) is 11.7. The predicted molar refractivity (Wildman–Crippen MR) is 115 cm³/mol. The van der Waals surface area contributed by atoms with E-state index >= 15 is 0 Å². The Bertz CT molecular complexity index is 985. The Morgan fingerprint density at radius 1 is 1.07 bits per heavy atom. The molecule has 1 atom stereocenters. The third-order valence-corrected chi connectivity index (χ3v) is 6.14. The first-order chi connectivity index (χ1) is 14.4. The van der Waals surface area contributed by atoms with E-state index in [2.05, 4.69) is 18.7 Å². The van der Waals surface area contributed by atoms with Crippen LogP contribution >= 0.6 is 0 Å². The minimum Gasteiger partial charge on any atom is -0.497 e. The summed E-state index contributed by atoms with van der Waals surface area (Å²) >= 11 is 0. The monoisotopic (exact) mass is 408 g/mol. The molecule has 0 N–H and O–H groups in total. The van der Waals surface area contributed by atoms with Gasteiger partial charge in [-0.05, 0) is 54.7 Å². The van der Waals surface area contributed by atoms with Gasteiger partial charge in [-0.1, -0.05) is 19.9 Å². The second kappa shape index (κ2) is 8.11. The SMILES string of the molecule is COc1ccc(OC)c([C@H]2CCCN2CN2C(=O)C(=O)c3cc(C(C)C)ccc32)c1. The van der Waals surface area contributed by atoms with Crippen molar-refractivity contribution in [2.75, 3.05) is 32.3 Å². The fraction of sp³-hybridized carbons (Fsp3) is 0.417. The van der Waals surface area contributed by atoms with Gasteiger partial charge in [0.15, 0.2) is 0 Å². The molecule has 2 aromatic rings. The fourth-order valence-corrected chi connectivity index (χ4v) is 4.45.